The highest BCUT2D eigenvalue weighted by atomic mass is 35.5. The smallest absolute Gasteiger partial charge is 0.0991 e. The molecule has 2 aromatic rings. The Morgan fingerprint density at radius 1 is 1.15 bits per heavy atom. The number of hydrogen-bond acceptors (Lipinski definition) is 2. The summed E-state index contributed by atoms with van der Waals surface area (Å²) in [6, 6.07) is 15.9. The molecule has 0 amide bonds. The summed E-state index contributed by atoms with van der Waals surface area (Å²) in [5, 5.41) is 13.0. The van der Waals surface area contributed by atoms with Gasteiger partial charge in [0.05, 0.1) is 11.6 Å². The third-order valence-corrected chi connectivity index (χ3v) is 3.54. The van der Waals surface area contributed by atoms with Gasteiger partial charge in [-0.25, -0.2) is 0 Å². The van der Waals surface area contributed by atoms with Crippen molar-refractivity contribution in [3.63, 3.8) is 0 Å². The first-order valence-corrected chi connectivity index (χ1v) is 7.01. The zero-order valence-electron chi connectivity index (χ0n) is 11.5. The number of rotatable bonds is 5. The standard InChI is InChI=1S/C17H17ClN2/c1-13-10-15(11-19)2-5-16(13)12-20-9-8-14-3-6-17(18)7-4-14/h2-7,10,20H,8-9,12H2,1H3. The van der Waals surface area contributed by atoms with Crippen LogP contribution >= 0.6 is 11.6 Å². The number of nitriles is 1. The maximum Gasteiger partial charge on any atom is 0.0991 e. The molecule has 0 aliphatic carbocycles. The lowest BCUT2D eigenvalue weighted by Crippen LogP contribution is -2.17. The van der Waals surface area contributed by atoms with E-state index >= 15 is 0 Å². The lowest BCUT2D eigenvalue weighted by molar-refractivity contribution is 0.684. The molecule has 0 aliphatic rings. The zero-order valence-corrected chi connectivity index (χ0v) is 12.2. The van der Waals surface area contributed by atoms with Crippen LogP contribution in [0.4, 0.5) is 0 Å². The normalized spacial score (nSPS) is 10.2. The maximum atomic E-state index is 8.84. The molecule has 1 N–H and O–H groups in total. The van der Waals surface area contributed by atoms with Gasteiger partial charge < -0.3 is 5.32 Å². The van der Waals surface area contributed by atoms with Crippen LogP contribution in [-0.2, 0) is 13.0 Å². The Labute approximate surface area is 125 Å². The van der Waals surface area contributed by atoms with Gasteiger partial charge in [-0.05, 0) is 60.8 Å². The maximum absolute atomic E-state index is 8.84. The molecule has 2 aromatic carbocycles. The molecular formula is C17H17ClN2. The zero-order chi connectivity index (χ0) is 14.4. The monoisotopic (exact) mass is 284 g/mol. The first-order valence-electron chi connectivity index (χ1n) is 6.64. The molecule has 0 aliphatic heterocycles. The SMILES string of the molecule is Cc1cc(C#N)ccc1CNCCc1ccc(Cl)cc1. The third kappa shape index (κ3) is 4.09. The summed E-state index contributed by atoms with van der Waals surface area (Å²) in [6.45, 7) is 3.78. The van der Waals surface area contributed by atoms with Gasteiger partial charge in [0.15, 0.2) is 0 Å². The Balaban J connectivity index is 1.81. The Hall–Kier alpha value is -1.82. The van der Waals surface area contributed by atoms with Gasteiger partial charge in [0.25, 0.3) is 0 Å². The van der Waals surface area contributed by atoms with Crippen molar-refractivity contribution < 1.29 is 0 Å². The fourth-order valence-electron chi connectivity index (χ4n) is 2.07. The van der Waals surface area contributed by atoms with Gasteiger partial charge in [-0.15, -0.1) is 0 Å². The molecule has 0 heterocycles. The lowest BCUT2D eigenvalue weighted by atomic mass is 10.1. The van der Waals surface area contributed by atoms with Crippen molar-refractivity contribution in [1.82, 2.24) is 5.32 Å². The second-order valence-corrected chi connectivity index (χ2v) is 5.24. The van der Waals surface area contributed by atoms with E-state index in [-0.39, 0.29) is 0 Å². The molecule has 20 heavy (non-hydrogen) atoms. The van der Waals surface area contributed by atoms with Crippen LogP contribution in [0.3, 0.4) is 0 Å². The van der Waals surface area contributed by atoms with Crippen LogP contribution < -0.4 is 5.32 Å². The van der Waals surface area contributed by atoms with Gasteiger partial charge in [0.2, 0.25) is 0 Å². The summed E-state index contributed by atoms with van der Waals surface area (Å²) in [4.78, 5) is 0. The number of aryl methyl sites for hydroxylation is 1. The number of hydrogen-bond donors (Lipinski definition) is 1. The van der Waals surface area contributed by atoms with E-state index in [1.807, 2.05) is 37.3 Å². The molecular weight excluding hydrogens is 268 g/mol. The van der Waals surface area contributed by atoms with Gasteiger partial charge in [-0.1, -0.05) is 29.8 Å². The third-order valence-electron chi connectivity index (χ3n) is 3.29. The topological polar surface area (TPSA) is 35.8 Å². The average Bonchev–Trinajstić information content (AvgIpc) is 2.46. The van der Waals surface area contributed by atoms with Crippen molar-refractivity contribution in [2.75, 3.05) is 6.54 Å². The van der Waals surface area contributed by atoms with Crippen LogP contribution in [0.2, 0.25) is 5.02 Å². The second-order valence-electron chi connectivity index (χ2n) is 4.81. The summed E-state index contributed by atoms with van der Waals surface area (Å²) in [7, 11) is 0. The van der Waals surface area contributed by atoms with E-state index in [1.165, 1.54) is 11.1 Å². The molecule has 0 fully saturated rings. The van der Waals surface area contributed by atoms with E-state index in [1.54, 1.807) is 0 Å². The lowest BCUT2D eigenvalue weighted by Gasteiger charge is -2.08. The van der Waals surface area contributed by atoms with Crippen molar-refractivity contribution in [2.24, 2.45) is 0 Å². The summed E-state index contributed by atoms with van der Waals surface area (Å²) >= 11 is 5.86. The molecule has 0 unspecified atom stereocenters. The first kappa shape index (κ1) is 14.6. The molecule has 0 spiro atoms. The van der Waals surface area contributed by atoms with E-state index in [0.29, 0.717) is 5.56 Å². The van der Waals surface area contributed by atoms with Crippen LogP contribution in [0.5, 0.6) is 0 Å². The Kier molecular flexibility index (Phi) is 5.17. The fourth-order valence-corrected chi connectivity index (χ4v) is 2.20. The molecule has 0 radical (unpaired) electrons. The van der Waals surface area contributed by atoms with Crippen LogP contribution in [0.1, 0.15) is 22.3 Å². The summed E-state index contributed by atoms with van der Waals surface area (Å²) in [6.07, 6.45) is 0.979. The van der Waals surface area contributed by atoms with E-state index in [2.05, 4.69) is 23.5 Å². The molecule has 0 atom stereocenters. The molecule has 2 nitrogen and oxygen atoms in total. The van der Waals surface area contributed by atoms with Gasteiger partial charge in [0.1, 0.15) is 0 Å². The van der Waals surface area contributed by atoms with Crippen molar-refractivity contribution in [1.29, 1.82) is 5.26 Å². The molecule has 0 aromatic heterocycles. The molecule has 3 heteroatoms. The quantitative estimate of drug-likeness (QED) is 0.847. The van der Waals surface area contributed by atoms with Crippen molar-refractivity contribution >= 4 is 11.6 Å². The highest BCUT2D eigenvalue weighted by molar-refractivity contribution is 6.30. The molecule has 102 valence electrons. The molecule has 0 saturated heterocycles. The minimum absolute atomic E-state index is 0.715. The van der Waals surface area contributed by atoms with Gasteiger partial charge in [-0.2, -0.15) is 5.26 Å². The molecule has 2 rings (SSSR count). The Morgan fingerprint density at radius 2 is 1.90 bits per heavy atom. The Bertz CT molecular complexity index is 612. The minimum atomic E-state index is 0.715. The van der Waals surface area contributed by atoms with Crippen molar-refractivity contribution in [2.45, 2.75) is 19.9 Å². The molecule has 0 saturated carbocycles. The van der Waals surface area contributed by atoms with Crippen molar-refractivity contribution in [3.8, 4) is 6.07 Å². The predicted octanol–water partition coefficient (Wildman–Crippen LogP) is 3.85. The highest BCUT2D eigenvalue weighted by Crippen LogP contribution is 2.11. The summed E-state index contributed by atoms with van der Waals surface area (Å²) in [5.41, 5.74) is 4.38. The highest BCUT2D eigenvalue weighted by Gasteiger charge is 2.00. The molecule has 0 bridgehead atoms. The van der Waals surface area contributed by atoms with Crippen LogP contribution in [0.15, 0.2) is 42.5 Å². The van der Waals surface area contributed by atoms with Crippen LogP contribution in [0.25, 0.3) is 0 Å². The van der Waals surface area contributed by atoms with Crippen molar-refractivity contribution in [3.05, 3.63) is 69.7 Å². The number of benzene rings is 2. The largest absolute Gasteiger partial charge is 0.312 e. The Morgan fingerprint density at radius 3 is 2.55 bits per heavy atom. The number of halogens is 1. The van der Waals surface area contributed by atoms with Gasteiger partial charge in [-0.3, -0.25) is 0 Å². The van der Waals surface area contributed by atoms with E-state index in [9.17, 15) is 0 Å². The number of nitrogens with one attached hydrogen (secondary N) is 1. The second kappa shape index (κ2) is 7.09. The van der Waals surface area contributed by atoms with E-state index in [0.717, 1.165) is 30.1 Å². The van der Waals surface area contributed by atoms with Gasteiger partial charge in [0, 0.05) is 11.6 Å². The average molecular weight is 285 g/mol. The van der Waals surface area contributed by atoms with Crippen LogP contribution in [-0.4, -0.2) is 6.54 Å². The minimum Gasteiger partial charge on any atom is -0.312 e. The number of nitrogens with zero attached hydrogens (tertiary/aromatic N) is 1. The summed E-state index contributed by atoms with van der Waals surface area (Å²) in [5.74, 6) is 0. The summed E-state index contributed by atoms with van der Waals surface area (Å²) < 4.78 is 0. The van der Waals surface area contributed by atoms with E-state index < -0.39 is 0 Å². The first-order chi connectivity index (χ1) is 9.69. The van der Waals surface area contributed by atoms with Gasteiger partial charge >= 0.3 is 0 Å². The predicted molar refractivity (Wildman–Crippen MR) is 82.8 cm³/mol. The fraction of sp³-hybridized carbons (Fsp3) is 0.235. The van der Waals surface area contributed by atoms with E-state index in [4.69, 9.17) is 16.9 Å². The van der Waals surface area contributed by atoms with Crippen LogP contribution in [0, 0.1) is 18.3 Å².